The van der Waals surface area contributed by atoms with Gasteiger partial charge in [-0.05, 0) is 38.2 Å². The summed E-state index contributed by atoms with van der Waals surface area (Å²) in [7, 11) is 2.11. The minimum absolute atomic E-state index is 0.211. The number of pyridine rings is 1. The zero-order valence-electron chi connectivity index (χ0n) is 17.0. The monoisotopic (exact) mass is 404 g/mol. The molecule has 2 aromatic heterocycles. The van der Waals surface area contributed by atoms with E-state index in [9.17, 15) is 4.79 Å². The van der Waals surface area contributed by atoms with Gasteiger partial charge in [-0.1, -0.05) is 18.2 Å². The van der Waals surface area contributed by atoms with Gasteiger partial charge in [0.15, 0.2) is 0 Å². The number of hydrogen-bond donors (Lipinski definition) is 2. The van der Waals surface area contributed by atoms with Crippen LogP contribution in [0.25, 0.3) is 0 Å². The Labute approximate surface area is 175 Å². The van der Waals surface area contributed by atoms with Gasteiger partial charge in [0.05, 0.1) is 0 Å². The SMILES string of the molecule is Cc1nc(Nc2cc(C(=O)Nc3ccccc3)ccn2)nc(N2CCN(C)CC2)n1. The predicted octanol–water partition coefficient (Wildman–Crippen LogP) is 2.32. The summed E-state index contributed by atoms with van der Waals surface area (Å²) in [6, 6.07) is 12.7. The molecule has 0 bridgehead atoms. The van der Waals surface area contributed by atoms with Crippen molar-refractivity contribution in [1.82, 2.24) is 24.8 Å². The van der Waals surface area contributed by atoms with Gasteiger partial charge in [-0.2, -0.15) is 15.0 Å². The number of carbonyl (C=O) groups is 1. The molecule has 0 saturated carbocycles. The lowest BCUT2D eigenvalue weighted by atomic mass is 10.2. The molecule has 9 heteroatoms. The minimum atomic E-state index is -0.211. The largest absolute Gasteiger partial charge is 0.338 e. The van der Waals surface area contributed by atoms with E-state index in [1.165, 1.54) is 0 Å². The normalized spacial score (nSPS) is 14.4. The van der Waals surface area contributed by atoms with E-state index in [4.69, 9.17) is 0 Å². The van der Waals surface area contributed by atoms with Gasteiger partial charge in [0.1, 0.15) is 11.6 Å². The second-order valence-electron chi connectivity index (χ2n) is 7.17. The van der Waals surface area contributed by atoms with Crippen molar-refractivity contribution >= 4 is 29.3 Å². The number of hydrogen-bond acceptors (Lipinski definition) is 8. The molecule has 1 aromatic carbocycles. The first-order valence-corrected chi connectivity index (χ1v) is 9.82. The molecule has 0 atom stereocenters. The average molecular weight is 404 g/mol. The lowest BCUT2D eigenvalue weighted by molar-refractivity contribution is 0.102. The zero-order valence-corrected chi connectivity index (χ0v) is 17.0. The van der Waals surface area contributed by atoms with Gasteiger partial charge < -0.3 is 20.4 Å². The van der Waals surface area contributed by atoms with E-state index < -0.39 is 0 Å². The van der Waals surface area contributed by atoms with Crippen LogP contribution in [0.4, 0.5) is 23.4 Å². The summed E-state index contributed by atoms with van der Waals surface area (Å²) < 4.78 is 0. The lowest BCUT2D eigenvalue weighted by Gasteiger charge is -2.32. The number of piperazine rings is 1. The van der Waals surface area contributed by atoms with Crippen molar-refractivity contribution < 1.29 is 4.79 Å². The van der Waals surface area contributed by atoms with Crippen LogP contribution in [0.5, 0.6) is 0 Å². The molecule has 1 aliphatic rings. The minimum Gasteiger partial charge on any atom is -0.338 e. The third-order valence-corrected chi connectivity index (χ3v) is 4.82. The highest BCUT2D eigenvalue weighted by Crippen LogP contribution is 2.17. The fourth-order valence-corrected chi connectivity index (χ4v) is 3.15. The van der Waals surface area contributed by atoms with Crippen LogP contribution in [0.1, 0.15) is 16.2 Å². The first kappa shape index (κ1) is 19.7. The standard InChI is InChI=1S/C21H24N8O/c1-15-23-20(27-21(24-15)29-12-10-28(2)11-13-29)26-18-14-16(8-9-22-18)19(30)25-17-6-4-3-5-7-17/h3-9,14H,10-13H2,1-2H3,(H,25,30)(H,22,23,24,26,27). The van der Waals surface area contributed by atoms with E-state index in [0.717, 1.165) is 31.9 Å². The second-order valence-corrected chi connectivity index (χ2v) is 7.17. The Bertz CT molecular complexity index is 1020. The Morgan fingerprint density at radius 2 is 1.77 bits per heavy atom. The van der Waals surface area contributed by atoms with Crippen molar-refractivity contribution in [2.75, 3.05) is 48.8 Å². The van der Waals surface area contributed by atoms with Gasteiger partial charge >= 0.3 is 0 Å². The molecule has 0 aliphatic carbocycles. The predicted molar refractivity (Wildman–Crippen MR) is 116 cm³/mol. The summed E-state index contributed by atoms with van der Waals surface area (Å²) in [4.78, 5) is 34.7. The number of aromatic nitrogens is 4. The Morgan fingerprint density at radius 1 is 1.00 bits per heavy atom. The quantitative estimate of drug-likeness (QED) is 0.668. The molecular formula is C21H24N8O. The zero-order chi connectivity index (χ0) is 20.9. The Morgan fingerprint density at radius 3 is 2.53 bits per heavy atom. The number of benzene rings is 1. The molecule has 1 aliphatic heterocycles. The molecule has 1 fully saturated rings. The summed E-state index contributed by atoms with van der Waals surface area (Å²) in [5, 5.41) is 5.97. The van der Waals surface area contributed by atoms with E-state index in [1.54, 1.807) is 18.3 Å². The number of amides is 1. The first-order valence-electron chi connectivity index (χ1n) is 9.82. The van der Waals surface area contributed by atoms with Gasteiger partial charge in [0.2, 0.25) is 11.9 Å². The molecule has 1 saturated heterocycles. The van der Waals surface area contributed by atoms with Crippen LogP contribution in [0.15, 0.2) is 48.7 Å². The molecule has 9 nitrogen and oxygen atoms in total. The van der Waals surface area contributed by atoms with Gasteiger partial charge in [-0.15, -0.1) is 0 Å². The number of carbonyl (C=O) groups excluding carboxylic acids is 1. The van der Waals surface area contributed by atoms with Crippen LogP contribution in [-0.4, -0.2) is 64.0 Å². The highest BCUT2D eigenvalue weighted by Gasteiger charge is 2.18. The topological polar surface area (TPSA) is 99.2 Å². The van der Waals surface area contributed by atoms with Crippen molar-refractivity contribution in [2.24, 2.45) is 0 Å². The van der Waals surface area contributed by atoms with Gasteiger partial charge in [0, 0.05) is 43.6 Å². The van der Waals surface area contributed by atoms with Crippen LogP contribution in [0.3, 0.4) is 0 Å². The molecule has 3 heterocycles. The molecule has 2 N–H and O–H groups in total. The Hall–Kier alpha value is -3.59. The highest BCUT2D eigenvalue weighted by molar-refractivity contribution is 6.04. The van der Waals surface area contributed by atoms with Crippen molar-refractivity contribution in [3.05, 3.63) is 60.0 Å². The van der Waals surface area contributed by atoms with Gasteiger partial charge in [-0.3, -0.25) is 4.79 Å². The number of aryl methyl sites for hydroxylation is 1. The van der Waals surface area contributed by atoms with Crippen LogP contribution in [0, 0.1) is 6.92 Å². The fourth-order valence-electron chi connectivity index (χ4n) is 3.15. The van der Waals surface area contributed by atoms with Crippen LogP contribution >= 0.6 is 0 Å². The van der Waals surface area contributed by atoms with E-state index in [-0.39, 0.29) is 5.91 Å². The summed E-state index contributed by atoms with van der Waals surface area (Å²) in [6.07, 6.45) is 1.58. The van der Waals surface area contributed by atoms with E-state index in [1.807, 2.05) is 37.3 Å². The van der Waals surface area contributed by atoms with Crippen molar-refractivity contribution in [3.63, 3.8) is 0 Å². The molecule has 1 amide bonds. The molecule has 30 heavy (non-hydrogen) atoms. The summed E-state index contributed by atoms with van der Waals surface area (Å²) in [6.45, 7) is 5.50. The van der Waals surface area contributed by atoms with Crippen molar-refractivity contribution in [2.45, 2.75) is 6.92 Å². The van der Waals surface area contributed by atoms with Crippen LogP contribution in [-0.2, 0) is 0 Å². The molecule has 154 valence electrons. The number of likely N-dealkylation sites (N-methyl/N-ethyl adjacent to an activating group) is 1. The number of anilines is 4. The molecular weight excluding hydrogens is 380 g/mol. The molecule has 4 rings (SSSR count). The van der Waals surface area contributed by atoms with Crippen molar-refractivity contribution in [3.8, 4) is 0 Å². The van der Waals surface area contributed by atoms with Gasteiger partial charge in [0.25, 0.3) is 5.91 Å². The van der Waals surface area contributed by atoms with E-state index in [0.29, 0.717) is 29.1 Å². The van der Waals surface area contributed by atoms with Crippen LogP contribution < -0.4 is 15.5 Å². The van der Waals surface area contributed by atoms with E-state index in [2.05, 4.69) is 47.4 Å². The molecule has 0 unspecified atom stereocenters. The summed E-state index contributed by atoms with van der Waals surface area (Å²) in [5.41, 5.74) is 1.22. The van der Waals surface area contributed by atoms with Gasteiger partial charge in [-0.25, -0.2) is 4.98 Å². The third-order valence-electron chi connectivity index (χ3n) is 4.82. The van der Waals surface area contributed by atoms with Crippen LogP contribution in [0.2, 0.25) is 0 Å². The molecule has 0 spiro atoms. The van der Waals surface area contributed by atoms with E-state index >= 15 is 0 Å². The molecule has 0 radical (unpaired) electrons. The number of nitrogens with zero attached hydrogens (tertiary/aromatic N) is 6. The maximum Gasteiger partial charge on any atom is 0.255 e. The Balaban J connectivity index is 1.49. The van der Waals surface area contributed by atoms with Crippen molar-refractivity contribution in [1.29, 1.82) is 0 Å². The first-order chi connectivity index (χ1) is 14.6. The Kier molecular flexibility index (Phi) is 5.80. The average Bonchev–Trinajstić information content (AvgIpc) is 2.75. The number of para-hydroxylation sites is 1. The second kappa shape index (κ2) is 8.83. The number of nitrogens with one attached hydrogen (secondary N) is 2. The number of rotatable bonds is 5. The highest BCUT2D eigenvalue weighted by atomic mass is 16.1. The molecule has 3 aromatic rings. The smallest absolute Gasteiger partial charge is 0.255 e. The summed E-state index contributed by atoms with van der Waals surface area (Å²) >= 11 is 0. The third kappa shape index (κ3) is 4.87. The summed E-state index contributed by atoms with van der Waals surface area (Å²) in [5.74, 6) is 1.96. The maximum absolute atomic E-state index is 12.5. The maximum atomic E-state index is 12.5. The lowest BCUT2D eigenvalue weighted by Crippen LogP contribution is -2.45. The fraction of sp³-hybridized carbons (Fsp3) is 0.286.